The predicted molar refractivity (Wildman–Crippen MR) is 141 cm³/mol. The molecule has 0 aliphatic heterocycles. The molecule has 200 valence electrons. The van der Waals surface area contributed by atoms with E-state index in [0.717, 1.165) is 5.69 Å². The monoisotopic (exact) mass is 541 g/mol. The number of aliphatic hydroxyl groups is 1. The van der Waals surface area contributed by atoms with E-state index in [4.69, 9.17) is 16.3 Å². The second-order valence-corrected chi connectivity index (χ2v) is 10.6. The van der Waals surface area contributed by atoms with E-state index in [1.165, 1.54) is 18.0 Å². The van der Waals surface area contributed by atoms with E-state index in [0.29, 0.717) is 69.1 Å². The molecule has 0 saturated heterocycles. The van der Waals surface area contributed by atoms with Gasteiger partial charge in [0.2, 0.25) is 11.8 Å². The summed E-state index contributed by atoms with van der Waals surface area (Å²) in [5, 5.41) is 21.5. The molecule has 4 aromatic rings. The van der Waals surface area contributed by atoms with Crippen molar-refractivity contribution in [2.24, 2.45) is 13.0 Å². The van der Waals surface area contributed by atoms with Gasteiger partial charge in [-0.2, -0.15) is 0 Å². The molecule has 0 radical (unpaired) electrons. The zero-order valence-electron chi connectivity index (χ0n) is 21.8. The Balaban J connectivity index is 1.65. The summed E-state index contributed by atoms with van der Waals surface area (Å²) in [5.74, 6) is -2.16. The summed E-state index contributed by atoms with van der Waals surface area (Å²) in [6.07, 6.45) is 2.59. The molecule has 1 atom stereocenters. The topological polar surface area (TPSA) is 85.9 Å². The van der Waals surface area contributed by atoms with Gasteiger partial charge in [0.1, 0.15) is 0 Å². The fourth-order valence-electron chi connectivity index (χ4n) is 5.53. The van der Waals surface area contributed by atoms with Crippen LogP contribution in [-0.4, -0.2) is 43.1 Å². The molecule has 0 unspecified atom stereocenters. The third kappa shape index (κ3) is 4.62. The number of rotatable bonds is 6. The number of aromatic nitrogens is 5. The summed E-state index contributed by atoms with van der Waals surface area (Å²) in [4.78, 5) is 9.25. The van der Waals surface area contributed by atoms with Crippen molar-refractivity contribution in [1.29, 1.82) is 0 Å². The van der Waals surface area contributed by atoms with Crippen LogP contribution < -0.4 is 4.74 Å². The number of fused-ring (bicyclic) bond motifs is 1. The fraction of sp³-hybridized carbons (Fsp3) is 0.429. The third-order valence-corrected chi connectivity index (χ3v) is 8.05. The molecule has 1 aliphatic rings. The van der Waals surface area contributed by atoms with E-state index in [9.17, 15) is 13.9 Å². The highest BCUT2D eigenvalue weighted by atomic mass is 35.5. The smallest absolute Gasteiger partial charge is 0.248 e. The minimum absolute atomic E-state index is 0.0576. The van der Waals surface area contributed by atoms with Crippen LogP contribution >= 0.6 is 11.6 Å². The number of methoxy groups -OCH3 is 1. The number of hydrogen-bond acceptors (Lipinski definition) is 6. The second kappa shape index (κ2) is 9.85. The highest BCUT2D eigenvalue weighted by Crippen LogP contribution is 2.43. The average molecular weight is 542 g/mol. The lowest BCUT2D eigenvalue weighted by Crippen LogP contribution is -2.32. The van der Waals surface area contributed by atoms with E-state index in [-0.39, 0.29) is 18.8 Å². The molecule has 0 bridgehead atoms. The van der Waals surface area contributed by atoms with E-state index in [1.54, 1.807) is 19.2 Å². The van der Waals surface area contributed by atoms with Gasteiger partial charge in [-0.25, -0.2) is 18.4 Å². The number of alkyl halides is 2. The van der Waals surface area contributed by atoms with Crippen molar-refractivity contribution in [3.05, 3.63) is 75.3 Å². The third-order valence-electron chi connectivity index (χ3n) is 7.62. The SMILES string of the molecule is COc1nc2ccc([C@@](O)(c3ccc(C)nc3C)c3cnnn3C)cc2c(Cl)c1CC1CCC(F)(F)CC1. The first-order valence-corrected chi connectivity index (χ1v) is 13.0. The molecule has 38 heavy (non-hydrogen) atoms. The largest absolute Gasteiger partial charge is 0.481 e. The molecule has 1 aromatic carbocycles. The normalized spacial score (nSPS) is 17.5. The standard InChI is InChI=1S/C28H30ClF2N5O2/c1-16-5-7-22(17(2)33-16)28(37,24-15-32-35-36(24)3)19-6-8-23-20(14-19)25(29)21(26(34-23)38-4)13-18-9-11-27(30,31)12-10-18/h5-8,14-15,18,37H,9-13H2,1-4H3/t28-/m1/s1. The first-order chi connectivity index (χ1) is 18.0. The molecule has 5 rings (SSSR count). The van der Waals surface area contributed by atoms with E-state index in [2.05, 4.69) is 20.3 Å². The molecule has 10 heteroatoms. The lowest BCUT2D eigenvalue weighted by Gasteiger charge is -2.31. The van der Waals surface area contributed by atoms with Gasteiger partial charge in [0.25, 0.3) is 0 Å². The molecule has 1 saturated carbocycles. The van der Waals surface area contributed by atoms with Crippen molar-refractivity contribution < 1.29 is 18.6 Å². The van der Waals surface area contributed by atoms with Gasteiger partial charge in [0.15, 0.2) is 5.60 Å². The van der Waals surface area contributed by atoms with Gasteiger partial charge in [-0.1, -0.05) is 28.9 Å². The van der Waals surface area contributed by atoms with Crippen LogP contribution in [0.15, 0.2) is 36.5 Å². The van der Waals surface area contributed by atoms with Gasteiger partial charge in [0.05, 0.1) is 29.5 Å². The molecular formula is C28H30ClF2N5O2. The molecule has 0 amide bonds. The van der Waals surface area contributed by atoms with Crippen molar-refractivity contribution in [1.82, 2.24) is 25.0 Å². The van der Waals surface area contributed by atoms with Crippen molar-refractivity contribution in [2.45, 2.75) is 57.5 Å². The zero-order valence-corrected chi connectivity index (χ0v) is 22.6. The fourth-order valence-corrected chi connectivity index (χ4v) is 5.84. The Labute approximate surface area is 224 Å². The Hall–Kier alpha value is -3.17. The van der Waals surface area contributed by atoms with Crippen LogP contribution in [0.5, 0.6) is 5.88 Å². The van der Waals surface area contributed by atoms with Crippen LogP contribution in [0.25, 0.3) is 10.9 Å². The van der Waals surface area contributed by atoms with Gasteiger partial charge in [-0.05, 0) is 62.8 Å². The summed E-state index contributed by atoms with van der Waals surface area (Å²) < 4.78 is 34.6. The number of benzene rings is 1. The highest BCUT2D eigenvalue weighted by molar-refractivity contribution is 6.36. The van der Waals surface area contributed by atoms with Crippen LogP contribution in [-0.2, 0) is 19.1 Å². The maximum Gasteiger partial charge on any atom is 0.248 e. The first-order valence-electron chi connectivity index (χ1n) is 12.6. The summed E-state index contributed by atoms with van der Waals surface area (Å²) in [6.45, 7) is 3.74. The van der Waals surface area contributed by atoms with Gasteiger partial charge in [-0.3, -0.25) is 4.98 Å². The Kier molecular flexibility index (Phi) is 6.86. The zero-order chi connectivity index (χ0) is 27.2. The van der Waals surface area contributed by atoms with Crippen LogP contribution in [0.2, 0.25) is 5.02 Å². The van der Waals surface area contributed by atoms with E-state index >= 15 is 0 Å². The Morgan fingerprint density at radius 1 is 1.16 bits per heavy atom. The molecular weight excluding hydrogens is 512 g/mol. The van der Waals surface area contributed by atoms with Crippen LogP contribution in [0.4, 0.5) is 8.78 Å². The van der Waals surface area contributed by atoms with Crippen molar-refractivity contribution in [3.8, 4) is 5.88 Å². The lowest BCUT2D eigenvalue weighted by molar-refractivity contribution is -0.0456. The van der Waals surface area contributed by atoms with Crippen LogP contribution in [0.1, 0.15) is 59.5 Å². The Morgan fingerprint density at radius 3 is 2.53 bits per heavy atom. The van der Waals surface area contributed by atoms with Gasteiger partial charge in [-0.15, -0.1) is 5.10 Å². The second-order valence-electron chi connectivity index (χ2n) is 10.2. The number of nitrogens with zero attached hydrogens (tertiary/aromatic N) is 5. The van der Waals surface area contributed by atoms with Gasteiger partial charge < -0.3 is 9.84 Å². The predicted octanol–water partition coefficient (Wildman–Crippen LogP) is 5.69. The molecule has 3 aromatic heterocycles. The maximum atomic E-state index is 13.7. The lowest BCUT2D eigenvalue weighted by atomic mass is 9.81. The van der Waals surface area contributed by atoms with Crippen molar-refractivity contribution >= 4 is 22.5 Å². The number of ether oxygens (including phenoxy) is 1. The molecule has 0 spiro atoms. The number of aryl methyl sites for hydroxylation is 3. The molecule has 1 N–H and O–H groups in total. The molecule has 7 nitrogen and oxygen atoms in total. The van der Waals surface area contributed by atoms with Gasteiger partial charge >= 0.3 is 0 Å². The van der Waals surface area contributed by atoms with Crippen LogP contribution in [0.3, 0.4) is 0 Å². The Morgan fingerprint density at radius 2 is 1.89 bits per heavy atom. The number of hydrogen-bond donors (Lipinski definition) is 1. The summed E-state index contributed by atoms with van der Waals surface area (Å²) in [7, 11) is 3.25. The summed E-state index contributed by atoms with van der Waals surface area (Å²) in [5.41, 5.74) is 2.76. The van der Waals surface area contributed by atoms with Gasteiger partial charge in [0, 0.05) is 47.8 Å². The summed E-state index contributed by atoms with van der Waals surface area (Å²) in [6, 6.07) is 9.10. The van der Waals surface area contributed by atoms with Crippen LogP contribution in [0, 0.1) is 19.8 Å². The quantitative estimate of drug-likeness (QED) is 0.337. The van der Waals surface area contributed by atoms with Crippen molar-refractivity contribution in [3.63, 3.8) is 0 Å². The highest BCUT2D eigenvalue weighted by Gasteiger charge is 2.40. The summed E-state index contributed by atoms with van der Waals surface area (Å²) >= 11 is 6.99. The minimum atomic E-state index is -2.60. The Bertz CT molecular complexity index is 1500. The maximum absolute atomic E-state index is 13.7. The number of halogens is 3. The molecule has 3 heterocycles. The first kappa shape index (κ1) is 26.4. The van der Waals surface area contributed by atoms with Crippen molar-refractivity contribution in [2.75, 3.05) is 7.11 Å². The molecule has 1 aliphatic carbocycles. The molecule has 1 fully saturated rings. The van der Waals surface area contributed by atoms with E-state index in [1.807, 2.05) is 32.0 Å². The average Bonchev–Trinajstić information content (AvgIpc) is 3.32. The van der Waals surface area contributed by atoms with E-state index < -0.39 is 11.5 Å². The number of pyridine rings is 2. The minimum Gasteiger partial charge on any atom is -0.481 e.